The Morgan fingerprint density at radius 3 is 2.55 bits per heavy atom. The lowest BCUT2D eigenvalue weighted by molar-refractivity contribution is -0.00461. The van der Waals surface area contributed by atoms with Gasteiger partial charge in [0.05, 0.1) is 0 Å². The molecule has 6 nitrogen and oxygen atoms in total. The summed E-state index contributed by atoms with van der Waals surface area (Å²) in [5, 5.41) is 0. The predicted octanol–water partition coefficient (Wildman–Crippen LogP) is 0.997. The van der Waals surface area contributed by atoms with Gasteiger partial charge in [-0.3, -0.25) is 9.20 Å². The third-order valence-corrected chi connectivity index (χ3v) is 3.78. The fourth-order valence-electron chi connectivity index (χ4n) is 2.71. The summed E-state index contributed by atoms with van der Waals surface area (Å²) in [6, 6.07) is 5.67. The van der Waals surface area contributed by atoms with Gasteiger partial charge in [-0.15, -0.1) is 0 Å². The summed E-state index contributed by atoms with van der Waals surface area (Å²) in [6.07, 6.45) is 2.67. The van der Waals surface area contributed by atoms with Crippen LogP contribution >= 0.6 is 0 Å². The van der Waals surface area contributed by atoms with Crippen molar-refractivity contribution in [3.05, 3.63) is 30.1 Å². The van der Waals surface area contributed by atoms with Crippen LogP contribution in [0.25, 0.3) is 5.65 Å². The number of pyridine rings is 1. The molecule has 0 bridgehead atoms. The molecule has 20 heavy (non-hydrogen) atoms. The molecule has 0 N–H and O–H groups in total. The van der Waals surface area contributed by atoms with E-state index in [1.54, 1.807) is 18.6 Å². The molecule has 0 aromatic carbocycles. The summed E-state index contributed by atoms with van der Waals surface area (Å²) >= 11 is 0. The lowest BCUT2D eigenvalue weighted by atomic mass is 10.3. The molecule has 0 amide bonds. The quantitative estimate of drug-likeness (QED) is 0.779. The molecular formula is C14H17N3O3. The number of hydrogen-bond acceptors (Lipinski definition) is 5. The molecule has 0 saturated carbocycles. The highest BCUT2D eigenvalue weighted by Crippen LogP contribution is 2.26. The number of rotatable bonds is 4. The summed E-state index contributed by atoms with van der Waals surface area (Å²) in [6.45, 7) is 1.33. The summed E-state index contributed by atoms with van der Waals surface area (Å²) in [5.74, 6) is 0.688. The standard InChI is InChI=1S/C14H17N3O3/c1-19-11-7-16(8-12(11)20-2)14-10(9-18)17-6-4-3-5-13(17)15-14/h3-6,9,11-12H,7-8H2,1-2H3. The highest BCUT2D eigenvalue weighted by atomic mass is 16.5. The van der Waals surface area contributed by atoms with Gasteiger partial charge in [0, 0.05) is 33.5 Å². The first-order valence-electron chi connectivity index (χ1n) is 6.51. The van der Waals surface area contributed by atoms with E-state index in [-0.39, 0.29) is 12.2 Å². The van der Waals surface area contributed by atoms with Crippen molar-refractivity contribution in [1.82, 2.24) is 9.38 Å². The number of imidazole rings is 1. The maximum Gasteiger partial charge on any atom is 0.170 e. The van der Waals surface area contributed by atoms with Gasteiger partial charge in [-0.1, -0.05) is 6.07 Å². The molecule has 1 aliphatic rings. The van der Waals surface area contributed by atoms with Crippen molar-refractivity contribution < 1.29 is 14.3 Å². The molecule has 106 valence electrons. The van der Waals surface area contributed by atoms with Crippen molar-refractivity contribution in [2.24, 2.45) is 0 Å². The normalized spacial score (nSPS) is 22.6. The fourth-order valence-corrected chi connectivity index (χ4v) is 2.71. The predicted molar refractivity (Wildman–Crippen MR) is 74.4 cm³/mol. The third-order valence-electron chi connectivity index (χ3n) is 3.78. The Hall–Kier alpha value is -1.92. The SMILES string of the molecule is COC1CN(c2nc3ccccn3c2C=O)CC1OC. The van der Waals surface area contributed by atoms with Gasteiger partial charge in [0.25, 0.3) is 0 Å². The number of anilines is 1. The van der Waals surface area contributed by atoms with E-state index in [1.807, 2.05) is 29.3 Å². The van der Waals surface area contributed by atoms with Crippen LogP contribution in [0.1, 0.15) is 10.5 Å². The molecule has 2 aromatic heterocycles. The largest absolute Gasteiger partial charge is 0.377 e. The van der Waals surface area contributed by atoms with Gasteiger partial charge in [0.1, 0.15) is 23.5 Å². The Kier molecular flexibility index (Phi) is 3.42. The molecule has 0 radical (unpaired) electrons. The van der Waals surface area contributed by atoms with Crippen molar-refractivity contribution in [2.75, 3.05) is 32.2 Å². The number of carbonyl (C=O) groups is 1. The van der Waals surface area contributed by atoms with Gasteiger partial charge in [-0.25, -0.2) is 4.98 Å². The zero-order valence-electron chi connectivity index (χ0n) is 11.5. The van der Waals surface area contributed by atoms with Gasteiger partial charge >= 0.3 is 0 Å². The Morgan fingerprint density at radius 1 is 1.25 bits per heavy atom. The Morgan fingerprint density at radius 2 is 1.95 bits per heavy atom. The average molecular weight is 275 g/mol. The second kappa shape index (κ2) is 5.22. The van der Waals surface area contributed by atoms with Crippen LogP contribution in [0.2, 0.25) is 0 Å². The number of hydrogen-bond donors (Lipinski definition) is 0. The highest BCUT2D eigenvalue weighted by Gasteiger charge is 2.35. The maximum atomic E-state index is 11.4. The molecule has 3 heterocycles. The van der Waals surface area contributed by atoms with E-state index in [9.17, 15) is 4.79 Å². The monoisotopic (exact) mass is 275 g/mol. The molecule has 2 aromatic rings. The van der Waals surface area contributed by atoms with Gasteiger partial charge in [0.15, 0.2) is 12.1 Å². The minimum absolute atomic E-state index is 0.00989. The zero-order chi connectivity index (χ0) is 14.1. The Labute approximate surface area is 116 Å². The summed E-state index contributed by atoms with van der Waals surface area (Å²) in [4.78, 5) is 18.0. The summed E-state index contributed by atoms with van der Waals surface area (Å²) in [5.41, 5.74) is 1.33. The summed E-state index contributed by atoms with van der Waals surface area (Å²) in [7, 11) is 3.34. The minimum Gasteiger partial charge on any atom is -0.377 e. The Balaban J connectivity index is 2.00. The number of carbonyl (C=O) groups excluding carboxylic acids is 1. The first-order valence-corrected chi connectivity index (χ1v) is 6.51. The van der Waals surface area contributed by atoms with Crippen molar-refractivity contribution in [3.63, 3.8) is 0 Å². The van der Waals surface area contributed by atoms with E-state index in [0.29, 0.717) is 24.6 Å². The van der Waals surface area contributed by atoms with Crippen LogP contribution in [0.4, 0.5) is 5.82 Å². The van der Waals surface area contributed by atoms with Crippen LogP contribution in [0.3, 0.4) is 0 Å². The van der Waals surface area contributed by atoms with Gasteiger partial charge in [-0.2, -0.15) is 0 Å². The van der Waals surface area contributed by atoms with E-state index in [4.69, 9.17) is 9.47 Å². The van der Waals surface area contributed by atoms with E-state index < -0.39 is 0 Å². The smallest absolute Gasteiger partial charge is 0.170 e. The fraction of sp³-hybridized carbons (Fsp3) is 0.429. The second-order valence-corrected chi connectivity index (χ2v) is 4.82. The molecule has 1 fully saturated rings. The number of ether oxygens (including phenoxy) is 2. The first-order chi connectivity index (χ1) is 9.78. The topological polar surface area (TPSA) is 56.1 Å². The van der Waals surface area contributed by atoms with Crippen molar-refractivity contribution in [1.29, 1.82) is 0 Å². The molecule has 3 rings (SSSR count). The minimum atomic E-state index is -0.00989. The second-order valence-electron chi connectivity index (χ2n) is 4.82. The highest BCUT2D eigenvalue weighted by molar-refractivity contribution is 5.83. The molecule has 2 unspecified atom stereocenters. The molecule has 0 spiro atoms. The summed E-state index contributed by atoms with van der Waals surface area (Å²) < 4.78 is 12.6. The van der Waals surface area contributed by atoms with E-state index in [1.165, 1.54) is 0 Å². The van der Waals surface area contributed by atoms with Gasteiger partial charge in [0.2, 0.25) is 0 Å². The third kappa shape index (κ3) is 1.97. The van der Waals surface area contributed by atoms with Crippen molar-refractivity contribution in [2.45, 2.75) is 12.2 Å². The number of aldehydes is 1. The maximum absolute atomic E-state index is 11.4. The number of aromatic nitrogens is 2. The number of fused-ring (bicyclic) bond motifs is 1. The molecular weight excluding hydrogens is 258 g/mol. The van der Waals surface area contributed by atoms with Crippen LogP contribution in [-0.2, 0) is 9.47 Å². The lowest BCUT2D eigenvalue weighted by Crippen LogP contribution is -2.27. The van der Waals surface area contributed by atoms with Crippen LogP contribution in [0.15, 0.2) is 24.4 Å². The van der Waals surface area contributed by atoms with Crippen molar-refractivity contribution in [3.8, 4) is 0 Å². The van der Waals surface area contributed by atoms with Crippen LogP contribution in [-0.4, -0.2) is 55.2 Å². The number of methoxy groups -OCH3 is 2. The van der Waals surface area contributed by atoms with Crippen LogP contribution < -0.4 is 4.90 Å². The first kappa shape index (κ1) is 13.1. The number of nitrogens with zero attached hydrogens (tertiary/aromatic N) is 3. The molecule has 2 atom stereocenters. The van der Waals surface area contributed by atoms with Gasteiger partial charge in [-0.05, 0) is 12.1 Å². The molecule has 0 aliphatic carbocycles. The Bertz CT molecular complexity index is 613. The molecule has 1 saturated heterocycles. The van der Waals surface area contributed by atoms with Gasteiger partial charge < -0.3 is 14.4 Å². The van der Waals surface area contributed by atoms with Crippen LogP contribution in [0.5, 0.6) is 0 Å². The van der Waals surface area contributed by atoms with E-state index in [0.717, 1.165) is 11.9 Å². The van der Waals surface area contributed by atoms with E-state index >= 15 is 0 Å². The van der Waals surface area contributed by atoms with E-state index in [2.05, 4.69) is 4.98 Å². The van der Waals surface area contributed by atoms with Crippen LogP contribution in [0, 0.1) is 0 Å². The average Bonchev–Trinajstić information content (AvgIpc) is 3.07. The molecule has 1 aliphatic heterocycles. The zero-order valence-corrected chi connectivity index (χ0v) is 11.5. The molecule has 6 heteroatoms. The van der Waals surface area contributed by atoms with Crippen molar-refractivity contribution >= 4 is 17.8 Å². The lowest BCUT2D eigenvalue weighted by Gasteiger charge is -2.15.